The SMILES string of the molecule is O=[N+]([O-])c1cnn(CCc2nnc(CCn3ccc([N+](=O)[O-])n3)o2)c1. The summed E-state index contributed by atoms with van der Waals surface area (Å²) in [5.41, 5.74) is -0.0838. The van der Waals surface area contributed by atoms with Crippen molar-refractivity contribution >= 4 is 11.5 Å². The second-order valence-electron chi connectivity index (χ2n) is 5.00. The van der Waals surface area contributed by atoms with Crippen molar-refractivity contribution in [2.45, 2.75) is 25.9 Å². The summed E-state index contributed by atoms with van der Waals surface area (Å²) in [6.45, 7) is 0.724. The van der Waals surface area contributed by atoms with E-state index in [1.807, 2.05) is 0 Å². The third-order valence-electron chi connectivity index (χ3n) is 3.26. The Balaban J connectivity index is 1.51. The number of rotatable bonds is 8. The van der Waals surface area contributed by atoms with Gasteiger partial charge in [-0.1, -0.05) is 0 Å². The van der Waals surface area contributed by atoms with Crippen LogP contribution in [0.2, 0.25) is 0 Å². The zero-order valence-corrected chi connectivity index (χ0v) is 12.8. The van der Waals surface area contributed by atoms with Crippen LogP contribution in [0.5, 0.6) is 0 Å². The van der Waals surface area contributed by atoms with E-state index in [1.165, 1.54) is 34.0 Å². The highest BCUT2D eigenvalue weighted by atomic mass is 16.6. The molecule has 0 fully saturated rings. The summed E-state index contributed by atoms with van der Waals surface area (Å²) in [5, 5.41) is 36.6. The summed E-state index contributed by atoms with van der Waals surface area (Å²) in [7, 11) is 0. The van der Waals surface area contributed by atoms with Crippen LogP contribution in [0.4, 0.5) is 11.5 Å². The van der Waals surface area contributed by atoms with Crippen LogP contribution in [0.15, 0.2) is 29.1 Å². The maximum atomic E-state index is 10.6. The molecule has 0 bridgehead atoms. The molecule has 0 aromatic carbocycles. The predicted molar refractivity (Wildman–Crippen MR) is 79.5 cm³/mol. The average Bonchev–Trinajstić information content (AvgIpc) is 3.30. The Labute approximate surface area is 139 Å². The van der Waals surface area contributed by atoms with Crippen LogP contribution >= 0.6 is 0 Å². The van der Waals surface area contributed by atoms with Crippen molar-refractivity contribution in [3.05, 3.63) is 56.7 Å². The Morgan fingerprint density at radius 3 is 2.28 bits per heavy atom. The van der Waals surface area contributed by atoms with Gasteiger partial charge in [-0.05, 0) is 4.92 Å². The molecule has 13 heteroatoms. The van der Waals surface area contributed by atoms with Crippen LogP contribution in [0.3, 0.4) is 0 Å². The van der Waals surface area contributed by atoms with E-state index in [9.17, 15) is 20.2 Å². The van der Waals surface area contributed by atoms with Gasteiger partial charge in [-0.3, -0.25) is 14.8 Å². The first-order chi connectivity index (χ1) is 12.0. The molecule has 0 aliphatic carbocycles. The Morgan fingerprint density at radius 2 is 1.72 bits per heavy atom. The van der Waals surface area contributed by atoms with Gasteiger partial charge in [-0.25, -0.2) is 0 Å². The van der Waals surface area contributed by atoms with Gasteiger partial charge in [0.15, 0.2) is 0 Å². The average molecular weight is 348 g/mol. The summed E-state index contributed by atoms with van der Waals surface area (Å²) >= 11 is 0. The monoisotopic (exact) mass is 348 g/mol. The number of hydrogen-bond acceptors (Lipinski definition) is 9. The Hall–Kier alpha value is -3.64. The maximum absolute atomic E-state index is 10.6. The highest BCUT2D eigenvalue weighted by Crippen LogP contribution is 2.10. The van der Waals surface area contributed by atoms with Gasteiger partial charge in [0, 0.05) is 19.4 Å². The summed E-state index contributed by atoms with van der Waals surface area (Å²) in [5.74, 6) is 0.527. The van der Waals surface area contributed by atoms with Crippen LogP contribution in [0.25, 0.3) is 0 Å². The second-order valence-corrected chi connectivity index (χ2v) is 5.00. The molecular formula is C12H12N8O5. The van der Waals surface area contributed by atoms with E-state index in [-0.39, 0.29) is 11.5 Å². The first kappa shape index (κ1) is 16.2. The zero-order valence-electron chi connectivity index (χ0n) is 12.8. The van der Waals surface area contributed by atoms with Crippen LogP contribution in [0.1, 0.15) is 11.8 Å². The molecule has 0 unspecified atom stereocenters. The first-order valence-corrected chi connectivity index (χ1v) is 7.17. The van der Waals surface area contributed by atoms with Gasteiger partial charge in [0.1, 0.15) is 12.4 Å². The topological polar surface area (TPSA) is 161 Å². The summed E-state index contributed by atoms with van der Waals surface area (Å²) in [6, 6.07) is 1.31. The maximum Gasteiger partial charge on any atom is 0.389 e. The van der Waals surface area contributed by atoms with E-state index >= 15 is 0 Å². The summed E-state index contributed by atoms with van der Waals surface area (Å²) < 4.78 is 8.31. The minimum atomic E-state index is -0.569. The van der Waals surface area contributed by atoms with Gasteiger partial charge in [0.2, 0.25) is 11.8 Å². The molecular weight excluding hydrogens is 336 g/mol. The van der Waals surface area contributed by atoms with Crippen LogP contribution in [-0.4, -0.2) is 39.6 Å². The van der Waals surface area contributed by atoms with Crippen LogP contribution < -0.4 is 0 Å². The number of aromatic nitrogens is 6. The predicted octanol–water partition coefficient (Wildman–Crippen LogP) is 0.764. The van der Waals surface area contributed by atoms with Gasteiger partial charge in [-0.15, -0.1) is 10.2 Å². The molecule has 0 saturated heterocycles. The number of nitro groups is 2. The molecule has 0 saturated carbocycles. The van der Waals surface area contributed by atoms with Crippen molar-refractivity contribution in [3.63, 3.8) is 0 Å². The van der Waals surface area contributed by atoms with Crippen molar-refractivity contribution in [3.8, 4) is 0 Å². The van der Waals surface area contributed by atoms with Crippen molar-refractivity contribution in [1.29, 1.82) is 0 Å². The first-order valence-electron chi connectivity index (χ1n) is 7.17. The Morgan fingerprint density at radius 1 is 1.04 bits per heavy atom. The second kappa shape index (κ2) is 6.86. The quantitative estimate of drug-likeness (QED) is 0.422. The van der Waals surface area contributed by atoms with E-state index in [2.05, 4.69) is 20.4 Å². The Bertz CT molecular complexity index is 826. The summed E-state index contributed by atoms with van der Waals surface area (Å²) in [6.07, 6.45) is 4.74. The molecule has 3 aromatic rings. The molecule has 25 heavy (non-hydrogen) atoms. The Kier molecular flexibility index (Phi) is 4.45. The van der Waals surface area contributed by atoms with E-state index in [4.69, 9.17) is 4.42 Å². The molecule has 0 aliphatic heterocycles. The number of nitrogens with zero attached hydrogens (tertiary/aromatic N) is 8. The minimum absolute atomic E-state index is 0.0838. The fourth-order valence-corrected chi connectivity index (χ4v) is 2.05. The zero-order chi connectivity index (χ0) is 17.8. The molecule has 0 atom stereocenters. The van der Waals surface area contributed by atoms with Crippen molar-refractivity contribution in [1.82, 2.24) is 29.8 Å². The molecule has 0 radical (unpaired) electrons. The van der Waals surface area contributed by atoms with Gasteiger partial charge in [0.05, 0.1) is 28.8 Å². The number of aryl methyl sites for hydroxylation is 4. The molecule has 0 spiro atoms. The van der Waals surface area contributed by atoms with Crippen molar-refractivity contribution in [2.24, 2.45) is 0 Å². The fraction of sp³-hybridized carbons (Fsp3) is 0.333. The molecule has 0 amide bonds. The normalized spacial score (nSPS) is 10.9. The lowest BCUT2D eigenvalue weighted by Crippen LogP contribution is -2.03. The van der Waals surface area contributed by atoms with Gasteiger partial charge >= 0.3 is 11.5 Å². The van der Waals surface area contributed by atoms with E-state index in [0.29, 0.717) is 37.7 Å². The smallest absolute Gasteiger partial charge is 0.389 e. The van der Waals surface area contributed by atoms with Gasteiger partial charge < -0.3 is 14.5 Å². The lowest BCUT2D eigenvalue weighted by atomic mass is 10.4. The molecule has 3 rings (SSSR count). The summed E-state index contributed by atoms with van der Waals surface area (Å²) in [4.78, 5) is 20.1. The van der Waals surface area contributed by atoms with Crippen LogP contribution in [-0.2, 0) is 25.9 Å². The lowest BCUT2D eigenvalue weighted by molar-refractivity contribution is -0.389. The molecule has 13 nitrogen and oxygen atoms in total. The van der Waals surface area contributed by atoms with E-state index < -0.39 is 9.85 Å². The standard InChI is InChI=1S/C12H12N8O5/c21-19(22)9-7-13-18(8-9)6-3-12-15-14-11(25-12)2-5-17-4-1-10(16-17)20(23)24/h1,4,7-8H,2-3,5-6H2. The van der Waals surface area contributed by atoms with E-state index in [0.717, 1.165) is 0 Å². The number of hydrogen-bond donors (Lipinski definition) is 0. The highest BCUT2D eigenvalue weighted by molar-refractivity contribution is 5.20. The highest BCUT2D eigenvalue weighted by Gasteiger charge is 2.13. The molecule has 0 N–H and O–H groups in total. The fourth-order valence-electron chi connectivity index (χ4n) is 2.05. The van der Waals surface area contributed by atoms with Gasteiger partial charge in [0.25, 0.3) is 0 Å². The van der Waals surface area contributed by atoms with Gasteiger partial charge in [-0.2, -0.15) is 9.78 Å². The molecule has 3 heterocycles. The van der Waals surface area contributed by atoms with Crippen LogP contribution in [0, 0.1) is 20.2 Å². The van der Waals surface area contributed by atoms with Crippen molar-refractivity contribution in [2.75, 3.05) is 0 Å². The third kappa shape index (κ3) is 4.01. The molecule has 130 valence electrons. The third-order valence-corrected chi connectivity index (χ3v) is 3.26. The largest absolute Gasteiger partial charge is 0.425 e. The minimum Gasteiger partial charge on any atom is -0.425 e. The van der Waals surface area contributed by atoms with E-state index in [1.54, 1.807) is 0 Å². The van der Waals surface area contributed by atoms with Crippen molar-refractivity contribution < 1.29 is 14.3 Å². The molecule has 3 aromatic heterocycles. The molecule has 0 aliphatic rings. The lowest BCUT2D eigenvalue weighted by Gasteiger charge is -1.96.